The van der Waals surface area contributed by atoms with Crippen LogP contribution in [0.4, 0.5) is 18.4 Å². The van der Waals surface area contributed by atoms with Crippen molar-refractivity contribution >= 4 is 85.3 Å². The molecule has 2 N–H and O–H groups in total. The molecule has 4 aromatic heterocycles. The number of aromatic nitrogens is 6. The second kappa shape index (κ2) is 40.5. The minimum absolute atomic E-state index is 0.0165. The van der Waals surface area contributed by atoms with Crippen LogP contribution in [0.2, 0.25) is 0 Å². The van der Waals surface area contributed by atoms with E-state index in [0.29, 0.717) is 114 Å². The molecule has 0 aliphatic carbocycles. The Morgan fingerprint density at radius 1 is 0.557 bits per heavy atom. The van der Waals surface area contributed by atoms with E-state index in [1.165, 1.54) is 11.0 Å². The quantitative estimate of drug-likeness (QED) is 0.0264. The first-order valence-electron chi connectivity index (χ1n) is 36.6. The van der Waals surface area contributed by atoms with Gasteiger partial charge < -0.3 is 48.3 Å². The second-order valence-corrected chi connectivity index (χ2v) is 28.4. The molecule has 4 aromatic carbocycles. The first-order valence-corrected chi connectivity index (χ1v) is 37.4. The number of allylic oxidation sites excluding steroid dienone is 4. The van der Waals surface area contributed by atoms with Crippen molar-refractivity contribution in [2.45, 2.75) is 170 Å². The van der Waals surface area contributed by atoms with Crippen molar-refractivity contribution in [2.24, 2.45) is 0 Å². The maximum absolute atomic E-state index is 15.4. The Balaban J connectivity index is 0.000000245. The zero-order valence-corrected chi connectivity index (χ0v) is 64.2. The molecule has 0 saturated carbocycles. The summed E-state index contributed by atoms with van der Waals surface area (Å²) in [7, 11) is -1.74. The molecule has 0 spiro atoms. The first kappa shape index (κ1) is 82.5. The van der Waals surface area contributed by atoms with E-state index >= 15 is 8.78 Å². The monoisotopic (exact) mass is 1520 g/mol. The molecule has 106 heavy (non-hydrogen) atoms. The van der Waals surface area contributed by atoms with Crippen molar-refractivity contribution in [3.05, 3.63) is 208 Å². The van der Waals surface area contributed by atoms with Gasteiger partial charge >= 0.3 is 19.3 Å². The van der Waals surface area contributed by atoms with Crippen LogP contribution < -0.4 is 9.47 Å². The molecule has 24 heteroatoms. The van der Waals surface area contributed by atoms with E-state index in [9.17, 15) is 29.2 Å². The van der Waals surface area contributed by atoms with Crippen LogP contribution in [0.25, 0.3) is 38.5 Å². The maximum atomic E-state index is 15.4. The lowest BCUT2D eigenvalue weighted by Crippen LogP contribution is -2.39. The van der Waals surface area contributed by atoms with Gasteiger partial charge in [-0.05, 0) is 205 Å². The van der Waals surface area contributed by atoms with Gasteiger partial charge in [0.15, 0.2) is 24.0 Å². The molecule has 0 bridgehead atoms. The Hall–Kier alpha value is -9.20. The van der Waals surface area contributed by atoms with E-state index in [4.69, 9.17) is 28.4 Å². The third-order valence-corrected chi connectivity index (χ3v) is 17.8. The molecule has 2 amide bonds. The van der Waals surface area contributed by atoms with Gasteiger partial charge in [0.1, 0.15) is 24.4 Å². The standard InChI is InChI=1S/C41H49FN4O5.C35H46BFN4O7.C6H5Br/c1-6-32(47)17-11-13-23-45(40(48)51-41(3,4)5)24-26-49-36-22-20-31(28-43-36)38(33(7-2)29-15-9-8-10-16-29)30-19-21-35-34(27-30)39(42)44-46(35)37-18-12-14-25-50-37;1-6-26(42)12-8-10-18-40(34(43)48-35(3,4)5)19-21-46-30-17-15-25(23-38-30)32(28(7-2)36(44)45)24-14-16-29-27(22-24)33(37)39-41(29)31-13-9-11-20-47-31;7-6-4-2-1-3-5-6/h8-11,15-17,19-22,27-28,37H,6-7,12-14,18,23-26H2,1-5H3;8,12,14-17,22-23,31,44-45H,6-7,9-11,13,18-21H2,1-5H3;1-5H/b17-11+,38-33-;12-8+,32-28-;. The predicted octanol–water partition coefficient (Wildman–Crippen LogP) is 17.7. The third kappa shape index (κ3) is 24.4. The van der Waals surface area contributed by atoms with Crippen LogP contribution in [0, 0.1) is 11.9 Å². The average molecular weight is 1520 g/mol. The molecule has 2 unspecified atom stereocenters. The van der Waals surface area contributed by atoms with Crippen molar-refractivity contribution in [1.29, 1.82) is 0 Å². The molecular weight excluding hydrogens is 1420 g/mol. The Labute approximate surface area is 629 Å². The van der Waals surface area contributed by atoms with Crippen molar-refractivity contribution in [2.75, 3.05) is 52.6 Å². The number of amides is 2. The Kier molecular flexibility index (Phi) is 31.5. The Morgan fingerprint density at radius 2 is 0.991 bits per heavy atom. The number of carbonyl (C=O) groups is 4. The number of ether oxygens (including phenoxy) is 6. The molecular formula is C82H100BBrF2N8O12. The van der Waals surface area contributed by atoms with Gasteiger partial charge in [0.25, 0.3) is 0 Å². The lowest BCUT2D eigenvalue weighted by Gasteiger charge is -2.27. The van der Waals surface area contributed by atoms with E-state index in [1.807, 2.05) is 113 Å². The van der Waals surface area contributed by atoms with Gasteiger partial charge in [-0.15, -0.1) is 10.2 Å². The van der Waals surface area contributed by atoms with E-state index < -0.39 is 42.4 Å². The van der Waals surface area contributed by atoms with Crippen molar-refractivity contribution in [3.63, 3.8) is 0 Å². The number of nitrogens with zero attached hydrogens (tertiary/aromatic N) is 8. The topological polar surface area (TPSA) is 232 Å². The van der Waals surface area contributed by atoms with Crippen LogP contribution in [0.15, 0.2) is 168 Å². The van der Waals surface area contributed by atoms with Gasteiger partial charge in [0.2, 0.25) is 23.7 Å². The SMILES string of the molecule is Brc1ccccc1.CCC(=O)/C=C/CCN(CCOc1ccc(/C(=C(/CC)B(O)O)c2ccc3c(c2)c(F)nn3C2CCCCO2)cn1)C(=O)OC(C)(C)C.CCC(=O)/C=C/CCN(CCOc1ccc(/C(=C(/CC)c2ccccc2)c2ccc3c(c2)c(F)nn3C2CCCCO2)cn1)C(=O)OC(C)(C)C. The van der Waals surface area contributed by atoms with Crippen LogP contribution >= 0.6 is 15.9 Å². The summed E-state index contributed by atoms with van der Waals surface area (Å²) < 4.78 is 69.8. The van der Waals surface area contributed by atoms with Crippen molar-refractivity contribution in [3.8, 4) is 11.8 Å². The molecule has 2 aliphatic heterocycles. The predicted molar refractivity (Wildman–Crippen MR) is 414 cm³/mol. The fraction of sp³-hybridized carbons (Fsp3) is 0.415. The highest BCUT2D eigenvalue weighted by Crippen LogP contribution is 2.39. The van der Waals surface area contributed by atoms with Crippen LogP contribution in [-0.4, -0.2) is 144 Å². The first-order chi connectivity index (χ1) is 50.9. The fourth-order valence-electron chi connectivity index (χ4n) is 12.0. The Morgan fingerprint density at radius 3 is 1.36 bits per heavy atom. The second-order valence-electron chi connectivity index (χ2n) is 27.5. The van der Waals surface area contributed by atoms with E-state index in [1.54, 1.807) is 103 Å². The van der Waals surface area contributed by atoms with E-state index in [-0.39, 0.29) is 50.3 Å². The van der Waals surface area contributed by atoms with Crippen LogP contribution in [-0.2, 0) is 28.5 Å². The molecule has 2 aliphatic rings. The summed E-state index contributed by atoms with van der Waals surface area (Å²) in [5.41, 5.74) is 6.80. The molecule has 0 radical (unpaired) electrons. The van der Waals surface area contributed by atoms with Crippen LogP contribution in [0.5, 0.6) is 11.8 Å². The Bertz CT molecular complexity index is 4300. The summed E-state index contributed by atoms with van der Waals surface area (Å²) in [5.74, 6) is -0.389. The highest BCUT2D eigenvalue weighted by atomic mass is 79.9. The minimum Gasteiger partial charge on any atom is -0.476 e. The average Bonchev–Trinajstić information content (AvgIpc) is 1.58. The van der Waals surface area contributed by atoms with Gasteiger partial charge in [-0.2, -0.15) is 8.78 Å². The fourth-order valence-corrected chi connectivity index (χ4v) is 12.3. The minimum atomic E-state index is -1.74. The molecule has 10 rings (SSSR count). The van der Waals surface area contributed by atoms with Gasteiger partial charge in [-0.1, -0.05) is 116 Å². The van der Waals surface area contributed by atoms with Gasteiger partial charge in [0, 0.05) is 79.3 Å². The molecule has 564 valence electrons. The van der Waals surface area contributed by atoms with Crippen LogP contribution in [0.1, 0.15) is 187 Å². The highest BCUT2D eigenvalue weighted by Gasteiger charge is 2.28. The summed E-state index contributed by atoms with van der Waals surface area (Å²) in [4.78, 5) is 61.2. The largest absolute Gasteiger partial charge is 0.484 e. The van der Waals surface area contributed by atoms with Gasteiger partial charge in [0.05, 0.1) is 34.9 Å². The van der Waals surface area contributed by atoms with Crippen molar-refractivity contribution < 1.29 is 66.4 Å². The molecule has 6 heterocycles. The maximum Gasteiger partial charge on any atom is 0.484 e. The lowest BCUT2D eigenvalue weighted by atomic mass is 9.72. The zero-order valence-electron chi connectivity index (χ0n) is 62.6. The molecule has 2 atom stereocenters. The number of ketones is 2. The number of pyridine rings is 2. The number of benzene rings is 4. The van der Waals surface area contributed by atoms with Crippen molar-refractivity contribution in [1.82, 2.24) is 39.3 Å². The number of hydrogen-bond acceptors (Lipinski definition) is 16. The zero-order chi connectivity index (χ0) is 76.3. The number of rotatable bonds is 28. The number of hydrogen-bond donors (Lipinski definition) is 2. The smallest absolute Gasteiger partial charge is 0.476 e. The van der Waals surface area contributed by atoms with Crippen LogP contribution in [0.3, 0.4) is 0 Å². The third-order valence-electron chi connectivity index (χ3n) is 17.3. The van der Waals surface area contributed by atoms with E-state index in [2.05, 4.69) is 55.2 Å². The number of carbonyl (C=O) groups excluding carboxylic acids is 4. The molecule has 2 fully saturated rings. The summed E-state index contributed by atoms with van der Waals surface area (Å²) in [6.07, 6.45) is 16.8. The lowest BCUT2D eigenvalue weighted by molar-refractivity contribution is -0.115. The molecule has 20 nitrogen and oxygen atoms in total. The summed E-state index contributed by atoms with van der Waals surface area (Å²) in [6, 6.07) is 38.3. The highest BCUT2D eigenvalue weighted by molar-refractivity contribution is 9.10. The summed E-state index contributed by atoms with van der Waals surface area (Å²) in [6.45, 7) is 21.2. The van der Waals surface area contributed by atoms with E-state index in [0.717, 1.165) is 77.3 Å². The molecule has 8 aromatic rings. The summed E-state index contributed by atoms with van der Waals surface area (Å²) in [5, 5.41) is 29.7. The summed E-state index contributed by atoms with van der Waals surface area (Å²) >= 11 is 3.31. The number of fused-ring (bicyclic) bond motifs is 2. The van der Waals surface area contributed by atoms with Gasteiger partial charge in [-0.3, -0.25) is 9.59 Å². The van der Waals surface area contributed by atoms with Gasteiger partial charge in [-0.25, -0.2) is 28.9 Å². The normalized spacial score (nSPS) is 15.2. The number of halogens is 3. The molecule has 2 saturated heterocycles.